The molecule has 0 radical (unpaired) electrons. The largest absolute Gasteiger partial charge is 0.479 e. The standard InChI is InChI=1S/C9H13N.C3H6O3/c1-10(2)8-9-6-4-3-5-7-9;1-2(4)3(5)6/h3-7H,8H2,1-2H3;2,4H,1H3,(H,5,6). The quantitative estimate of drug-likeness (QED) is 0.811. The van der Waals surface area contributed by atoms with Crippen molar-refractivity contribution in [2.24, 2.45) is 0 Å². The fraction of sp³-hybridized carbons (Fsp3) is 0.417. The lowest BCUT2D eigenvalue weighted by atomic mass is 10.2. The Balaban J connectivity index is 0.000000325. The van der Waals surface area contributed by atoms with Gasteiger partial charge in [0, 0.05) is 6.54 Å². The highest BCUT2D eigenvalue weighted by Gasteiger charge is 2.01. The maximum absolute atomic E-state index is 9.45. The topological polar surface area (TPSA) is 60.8 Å². The number of carboxylic acid groups (broad SMARTS) is 1. The van der Waals surface area contributed by atoms with E-state index >= 15 is 0 Å². The third kappa shape index (κ3) is 7.96. The van der Waals surface area contributed by atoms with Crippen LogP contribution in [0.15, 0.2) is 30.3 Å². The monoisotopic (exact) mass is 225 g/mol. The molecule has 1 unspecified atom stereocenters. The second kappa shape index (κ2) is 7.84. The van der Waals surface area contributed by atoms with E-state index in [9.17, 15) is 4.79 Å². The van der Waals surface area contributed by atoms with E-state index in [1.807, 2.05) is 6.07 Å². The second-order valence-electron chi connectivity index (χ2n) is 3.74. The van der Waals surface area contributed by atoms with E-state index in [1.165, 1.54) is 12.5 Å². The minimum Gasteiger partial charge on any atom is -0.479 e. The number of aliphatic carboxylic acids is 1. The molecule has 4 heteroatoms. The van der Waals surface area contributed by atoms with Crippen LogP contribution in [0.1, 0.15) is 12.5 Å². The summed E-state index contributed by atoms with van der Waals surface area (Å²) < 4.78 is 0. The summed E-state index contributed by atoms with van der Waals surface area (Å²) in [6.07, 6.45) is -1.23. The molecule has 0 aromatic heterocycles. The number of nitrogens with zero attached hydrogens (tertiary/aromatic N) is 1. The van der Waals surface area contributed by atoms with Gasteiger partial charge >= 0.3 is 5.97 Å². The van der Waals surface area contributed by atoms with Crippen LogP contribution in [0.3, 0.4) is 0 Å². The molecule has 0 saturated carbocycles. The molecule has 0 amide bonds. The van der Waals surface area contributed by atoms with Crippen molar-refractivity contribution in [1.29, 1.82) is 0 Å². The molecule has 0 heterocycles. The first kappa shape index (κ1) is 14.6. The Morgan fingerprint density at radius 3 is 2.06 bits per heavy atom. The zero-order chi connectivity index (χ0) is 12.6. The fourth-order valence-electron chi connectivity index (χ4n) is 0.949. The highest BCUT2D eigenvalue weighted by Crippen LogP contribution is 1.99. The maximum atomic E-state index is 9.45. The van der Waals surface area contributed by atoms with Gasteiger partial charge in [-0.15, -0.1) is 0 Å². The molecule has 0 aliphatic heterocycles. The Morgan fingerprint density at radius 1 is 1.31 bits per heavy atom. The number of hydrogen-bond donors (Lipinski definition) is 2. The number of carboxylic acids is 1. The molecule has 0 bridgehead atoms. The molecule has 1 aromatic rings. The van der Waals surface area contributed by atoms with Crippen LogP contribution in [0.4, 0.5) is 0 Å². The van der Waals surface area contributed by atoms with Gasteiger partial charge in [0.2, 0.25) is 0 Å². The summed E-state index contributed by atoms with van der Waals surface area (Å²) in [5.74, 6) is -1.19. The van der Waals surface area contributed by atoms with Crippen molar-refractivity contribution in [3.05, 3.63) is 35.9 Å². The van der Waals surface area contributed by atoms with E-state index < -0.39 is 12.1 Å². The SMILES string of the molecule is CC(O)C(=O)O.CN(C)Cc1ccccc1. The van der Waals surface area contributed by atoms with E-state index in [4.69, 9.17) is 10.2 Å². The van der Waals surface area contributed by atoms with Gasteiger partial charge in [-0.05, 0) is 26.6 Å². The van der Waals surface area contributed by atoms with Crippen LogP contribution < -0.4 is 0 Å². The molecule has 4 nitrogen and oxygen atoms in total. The fourth-order valence-corrected chi connectivity index (χ4v) is 0.949. The summed E-state index contributed by atoms with van der Waals surface area (Å²) in [7, 11) is 4.15. The molecular formula is C12H19NO3. The predicted molar refractivity (Wildman–Crippen MR) is 63.1 cm³/mol. The minimum atomic E-state index is -1.23. The van der Waals surface area contributed by atoms with Gasteiger partial charge in [0.05, 0.1) is 0 Å². The number of benzene rings is 1. The molecule has 0 fully saturated rings. The number of rotatable bonds is 3. The van der Waals surface area contributed by atoms with Crippen LogP contribution >= 0.6 is 0 Å². The number of carbonyl (C=O) groups is 1. The van der Waals surface area contributed by atoms with Gasteiger partial charge in [-0.25, -0.2) is 4.79 Å². The highest BCUT2D eigenvalue weighted by molar-refractivity contribution is 5.71. The lowest BCUT2D eigenvalue weighted by molar-refractivity contribution is -0.145. The second-order valence-corrected chi connectivity index (χ2v) is 3.74. The zero-order valence-electron chi connectivity index (χ0n) is 9.92. The molecule has 1 rings (SSSR count). The minimum absolute atomic E-state index is 1.03. The zero-order valence-corrected chi connectivity index (χ0v) is 9.92. The van der Waals surface area contributed by atoms with Crippen molar-refractivity contribution in [2.45, 2.75) is 19.6 Å². The molecule has 0 spiro atoms. The average Bonchev–Trinajstić information content (AvgIpc) is 2.19. The van der Waals surface area contributed by atoms with Crippen LogP contribution in [0.5, 0.6) is 0 Å². The van der Waals surface area contributed by atoms with Crippen molar-refractivity contribution in [3.63, 3.8) is 0 Å². The number of hydrogen-bond acceptors (Lipinski definition) is 3. The first-order valence-corrected chi connectivity index (χ1v) is 5.03. The molecule has 0 aliphatic rings. The van der Waals surface area contributed by atoms with Gasteiger partial charge in [0.25, 0.3) is 0 Å². The molecule has 0 saturated heterocycles. The van der Waals surface area contributed by atoms with Crippen LogP contribution in [-0.4, -0.2) is 41.3 Å². The smallest absolute Gasteiger partial charge is 0.332 e. The maximum Gasteiger partial charge on any atom is 0.332 e. The summed E-state index contributed by atoms with van der Waals surface area (Å²) in [5.41, 5.74) is 1.37. The molecule has 0 aliphatic carbocycles. The third-order valence-electron chi connectivity index (χ3n) is 1.70. The van der Waals surface area contributed by atoms with Gasteiger partial charge in [-0.3, -0.25) is 0 Å². The number of aliphatic hydroxyl groups excluding tert-OH is 1. The van der Waals surface area contributed by atoms with E-state index in [2.05, 4.69) is 43.3 Å². The Hall–Kier alpha value is -1.39. The van der Waals surface area contributed by atoms with Crippen molar-refractivity contribution in [2.75, 3.05) is 14.1 Å². The average molecular weight is 225 g/mol. The summed E-state index contributed by atoms with van der Waals surface area (Å²) in [5, 5.41) is 15.8. The Bertz CT molecular complexity index is 296. The van der Waals surface area contributed by atoms with Crippen molar-refractivity contribution >= 4 is 5.97 Å². The van der Waals surface area contributed by atoms with Gasteiger partial charge in [-0.2, -0.15) is 0 Å². The first-order valence-electron chi connectivity index (χ1n) is 5.03. The summed E-state index contributed by atoms with van der Waals surface area (Å²) in [6.45, 7) is 2.23. The number of aliphatic hydroxyl groups is 1. The first-order chi connectivity index (χ1) is 7.43. The lowest BCUT2D eigenvalue weighted by Gasteiger charge is -2.08. The van der Waals surface area contributed by atoms with E-state index in [-0.39, 0.29) is 0 Å². The van der Waals surface area contributed by atoms with Gasteiger partial charge in [-0.1, -0.05) is 30.3 Å². The van der Waals surface area contributed by atoms with E-state index in [0.717, 1.165) is 6.54 Å². The normalized spacial score (nSPS) is 11.6. The van der Waals surface area contributed by atoms with Crippen molar-refractivity contribution in [1.82, 2.24) is 4.90 Å². The van der Waals surface area contributed by atoms with Crippen molar-refractivity contribution in [3.8, 4) is 0 Å². The molecule has 1 atom stereocenters. The lowest BCUT2D eigenvalue weighted by Crippen LogP contribution is -2.13. The van der Waals surface area contributed by atoms with Gasteiger partial charge < -0.3 is 15.1 Å². The van der Waals surface area contributed by atoms with Crippen LogP contribution in [0.25, 0.3) is 0 Å². The molecule has 16 heavy (non-hydrogen) atoms. The van der Waals surface area contributed by atoms with E-state index in [1.54, 1.807) is 0 Å². The predicted octanol–water partition coefficient (Wildman–Crippen LogP) is 1.20. The summed E-state index contributed by atoms with van der Waals surface area (Å²) in [6, 6.07) is 10.5. The Kier molecular flexibility index (Phi) is 7.16. The van der Waals surface area contributed by atoms with E-state index in [0.29, 0.717) is 0 Å². The molecular weight excluding hydrogens is 206 g/mol. The van der Waals surface area contributed by atoms with Crippen LogP contribution in [0, 0.1) is 0 Å². The third-order valence-corrected chi connectivity index (χ3v) is 1.70. The van der Waals surface area contributed by atoms with Gasteiger partial charge in [0.1, 0.15) is 6.10 Å². The van der Waals surface area contributed by atoms with Gasteiger partial charge in [0.15, 0.2) is 0 Å². The van der Waals surface area contributed by atoms with Crippen LogP contribution in [0.2, 0.25) is 0 Å². The molecule has 90 valence electrons. The highest BCUT2D eigenvalue weighted by atomic mass is 16.4. The Morgan fingerprint density at radius 2 is 1.75 bits per heavy atom. The summed E-state index contributed by atoms with van der Waals surface area (Å²) >= 11 is 0. The molecule has 1 aromatic carbocycles. The van der Waals surface area contributed by atoms with Crippen LogP contribution in [-0.2, 0) is 11.3 Å². The Labute approximate surface area is 96.1 Å². The molecule has 2 N–H and O–H groups in total. The van der Waals surface area contributed by atoms with Crippen molar-refractivity contribution < 1.29 is 15.0 Å². The summed E-state index contributed by atoms with van der Waals surface area (Å²) in [4.78, 5) is 11.6.